The van der Waals surface area contributed by atoms with Crippen LogP contribution in [0.4, 0.5) is 5.69 Å². The summed E-state index contributed by atoms with van der Waals surface area (Å²) in [4.78, 5) is 28.8. The van der Waals surface area contributed by atoms with Crippen LogP contribution in [0.25, 0.3) is 11.3 Å². The minimum atomic E-state index is -0.317. The van der Waals surface area contributed by atoms with Gasteiger partial charge in [0.15, 0.2) is 0 Å². The topological polar surface area (TPSA) is 82.5 Å². The molecule has 1 heterocycles. The first kappa shape index (κ1) is 19.2. The van der Waals surface area contributed by atoms with Crippen LogP contribution >= 0.6 is 0 Å². The SMILES string of the molecule is CCOc1ccc(-c2cc(=O)n(CC(=O)Nc3ccc(OC)cc3)cn2)cc1. The van der Waals surface area contributed by atoms with Crippen molar-refractivity contribution in [3.63, 3.8) is 0 Å². The number of carbonyl (C=O) groups excluding carboxylic acids is 1. The van der Waals surface area contributed by atoms with Gasteiger partial charge in [0.2, 0.25) is 5.91 Å². The summed E-state index contributed by atoms with van der Waals surface area (Å²) in [5.74, 6) is 1.14. The summed E-state index contributed by atoms with van der Waals surface area (Å²) in [6.07, 6.45) is 1.38. The van der Waals surface area contributed by atoms with Crippen LogP contribution in [0.1, 0.15) is 6.92 Å². The number of hydrogen-bond acceptors (Lipinski definition) is 5. The Hall–Kier alpha value is -3.61. The Bertz CT molecular complexity index is 995. The van der Waals surface area contributed by atoms with E-state index in [0.29, 0.717) is 23.7 Å². The number of ether oxygens (including phenoxy) is 2. The van der Waals surface area contributed by atoms with Crippen LogP contribution in [0.3, 0.4) is 0 Å². The summed E-state index contributed by atoms with van der Waals surface area (Å²) < 4.78 is 11.7. The Morgan fingerprint density at radius 3 is 2.36 bits per heavy atom. The Kier molecular flexibility index (Phi) is 6.06. The summed E-state index contributed by atoms with van der Waals surface area (Å²) >= 11 is 0. The minimum Gasteiger partial charge on any atom is -0.497 e. The number of nitrogens with zero attached hydrogens (tertiary/aromatic N) is 2. The number of nitrogens with one attached hydrogen (secondary N) is 1. The first-order chi connectivity index (χ1) is 13.6. The van der Waals surface area contributed by atoms with E-state index in [9.17, 15) is 9.59 Å². The monoisotopic (exact) mass is 379 g/mol. The standard InChI is InChI=1S/C21H21N3O4/c1-3-28-18-8-4-15(5-9-18)19-12-21(26)24(14-22-19)13-20(25)23-16-6-10-17(27-2)11-7-16/h4-12,14H,3,13H2,1-2H3,(H,23,25). The number of aromatic nitrogens is 2. The van der Waals surface area contributed by atoms with Crippen molar-refractivity contribution < 1.29 is 14.3 Å². The molecule has 0 aliphatic rings. The molecule has 3 rings (SSSR count). The molecule has 0 saturated heterocycles. The number of rotatable bonds is 7. The molecule has 1 N–H and O–H groups in total. The zero-order chi connectivity index (χ0) is 19.9. The number of methoxy groups -OCH3 is 1. The lowest BCUT2D eigenvalue weighted by molar-refractivity contribution is -0.116. The van der Waals surface area contributed by atoms with Gasteiger partial charge in [0, 0.05) is 17.3 Å². The van der Waals surface area contributed by atoms with Gasteiger partial charge in [-0.05, 0) is 55.5 Å². The molecule has 0 fully saturated rings. The van der Waals surface area contributed by atoms with Gasteiger partial charge in [-0.3, -0.25) is 14.2 Å². The zero-order valence-electron chi connectivity index (χ0n) is 15.7. The van der Waals surface area contributed by atoms with E-state index in [-0.39, 0.29) is 18.0 Å². The van der Waals surface area contributed by atoms with Gasteiger partial charge in [0.25, 0.3) is 5.56 Å². The van der Waals surface area contributed by atoms with Crippen molar-refractivity contribution in [1.82, 2.24) is 9.55 Å². The van der Waals surface area contributed by atoms with E-state index >= 15 is 0 Å². The maximum atomic E-state index is 12.4. The first-order valence-corrected chi connectivity index (χ1v) is 8.82. The minimum absolute atomic E-state index is 0.124. The summed E-state index contributed by atoms with van der Waals surface area (Å²) in [7, 11) is 1.57. The normalized spacial score (nSPS) is 10.4. The third-order valence-corrected chi connectivity index (χ3v) is 4.03. The van der Waals surface area contributed by atoms with E-state index in [0.717, 1.165) is 11.3 Å². The van der Waals surface area contributed by atoms with Crippen molar-refractivity contribution in [1.29, 1.82) is 0 Å². The molecule has 0 bridgehead atoms. The average molecular weight is 379 g/mol. The molecule has 3 aromatic rings. The van der Waals surface area contributed by atoms with Gasteiger partial charge >= 0.3 is 0 Å². The van der Waals surface area contributed by atoms with Crippen LogP contribution in [0.15, 0.2) is 65.7 Å². The number of anilines is 1. The van der Waals surface area contributed by atoms with Crippen LogP contribution in [-0.4, -0.2) is 29.2 Å². The lowest BCUT2D eigenvalue weighted by atomic mass is 10.1. The lowest BCUT2D eigenvalue weighted by Crippen LogP contribution is -2.27. The van der Waals surface area contributed by atoms with Crippen LogP contribution < -0.4 is 20.3 Å². The highest BCUT2D eigenvalue weighted by Crippen LogP contribution is 2.19. The van der Waals surface area contributed by atoms with E-state index in [2.05, 4.69) is 10.3 Å². The van der Waals surface area contributed by atoms with Crippen LogP contribution in [0, 0.1) is 0 Å². The molecule has 0 aliphatic heterocycles. The Morgan fingerprint density at radius 2 is 1.75 bits per heavy atom. The van der Waals surface area contributed by atoms with Crippen molar-refractivity contribution >= 4 is 11.6 Å². The third-order valence-electron chi connectivity index (χ3n) is 4.03. The Balaban J connectivity index is 1.67. The van der Waals surface area contributed by atoms with Gasteiger partial charge in [0.1, 0.15) is 18.0 Å². The van der Waals surface area contributed by atoms with Crippen LogP contribution in [0.5, 0.6) is 11.5 Å². The van der Waals surface area contributed by atoms with E-state index < -0.39 is 0 Å². The van der Waals surface area contributed by atoms with E-state index in [1.807, 2.05) is 31.2 Å². The number of hydrogen-bond donors (Lipinski definition) is 1. The molecule has 0 spiro atoms. The molecular formula is C21H21N3O4. The third kappa shape index (κ3) is 4.76. The predicted molar refractivity (Wildman–Crippen MR) is 107 cm³/mol. The fourth-order valence-corrected chi connectivity index (χ4v) is 2.62. The van der Waals surface area contributed by atoms with Gasteiger partial charge in [-0.2, -0.15) is 0 Å². The summed E-state index contributed by atoms with van der Waals surface area (Å²) in [5, 5.41) is 2.74. The quantitative estimate of drug-likeness (QED) is 0.682. The zero-order valence-corrected chi connectivity index (χ0v) is 15.7. The highest BCUT2D eigenvalue weighted by atomic mass is 16.5. The predicted octanol–water partition coefficient (Wildman–Crippen LogP) is 2.96. The maximum Gasteiger partial charge on any atom is 0.254 e. The number of benzene rings is 2. The highest BCUT2D eigenvalue weighted by Gasteiger charge is 2.08. The molecule has 28 heavy (non-hydrogen) atoms. The molecule has 0 unspecified atom stereocenters. The molecule has 7 heteroatoms. The summed E-state index contributed by atoms with van der Waals surface area (Å²) in [6, 6.07) is 15.7. The molecule has 7 nitrogen and oxygen atoms in total. The Morgan fingerprint density at radius 1 is 1.07 bits per heavy atom. The summed E-state index contributed by atoms with van der Waals surface area (Å²) in [6.45, 7) is 2.38. The largest absolute Gasteiger partial charge is 0.497 e. The molecule has 0 saturated carbocycles. The second kappa shape index (κ2) is 8.85. The van der Waals surface area contributed by atoms with E-state index in [1.54, 1.807) is 31.4 Å². The number of amides is 1. The van der Waals surface area contributed by atoms with Crippen molar-refractivity contribution in [2.45, 2.75) is 13.5 Å². The average Bonchev–Trinajstić information content (AvgIpc) is 2.71. The highest BCUT2D eigenvalue weighted by molar-refractivity contribution is 5.90. The maximum absolute atomic E-state index is 12.4. The van der Waals surface area contributed by atoms with Gasteiger partial charge in [-0.25, -0.2) is 4.98 Å². The fraction of sp³-hybridized carbons (Fsp3) is 0.190. The van der Waals surface area contributed by atoms with Crippen LogP contribution in [0.2, 0.25) is 0 Å². The molecule has 0 radical (unpaired) electrons. The molecule has 1 amide bonds. The fourth-order valence-electron chi connectivity index (χ4n) is 2.62. The van der Waals surface area contributed by atoms with Crippen molar-refractivity contribution in [2.24, 2.45) is 0 Å². The molecule has 0 atom stereocenters. The van der Waals surface area contributed by atoms with Gasteiger partial charge in [0.05, 0.1) is 25.7 Å². The summed E-state index contributed by atoms with van der Waals surface area (Å²) in [5.41, 5.74) is 1.66. The Labute approximate surface area is 162 Å². The van der Waals surface area contributed by atoms with Gasteiger partial charge in [-0.15, -0.1) is 0 Å². The van der Waals surface area contributed by atoms with Crippen molar-refractivity contribution in [3.05, 3.63) is 71.3 Å². The second-order valence-corrected chi connectivity index (χ2v) is 5.97. The van der Waals surface area contributed by atoms with Gasteiger partial charge in [-0.1, -0.05) is 0 Å². The van der Waals surface area contributed by atoms with Crippen molar-refractivity contribution in [2.75, 3.05) is 19.0 Å². The second-order valence-electron chi connectivity index (χ2n) is 5.97. The lowest BCUT2D eigenvalue weighted by Gasteiger charge is -2.09. The van der Waals surface area contributed by atoms with Crippen molar-refractivity contribution in [3.8, 4) is 22.8 Å². The smallest absolute Gasteiger partial charge is 0.254 e. The number of carbonyl (C=O) groups is 1. The van der Waals surface area contributed by atoms with Gasteiger partial charge < -0.3 is 14.8 Å². The molecule has 144 valence electrons. The molecule has 1 aromatic heterocycles. The molecular weight excluding hydrogens is 358 g/mol. The van der Waals surface area contributed by atoms with Crippen LogP contribution in [-0.2, 0) is 11.3 Å². The van der Waals surface area contributed by atoms with E-state index in [1.165, 1.54) is 17.0 Å². The molecule has 0 aliphatic carbocycles. The first-order valence-electron chi connectivity index (χ1n) is 8.82. The molecule has 2 aromatic carbocycles. The van der Waals surface area contributed by atoms with E-state index in [4.69, 9.17) is 9.47 Å².